The predicted octanol–water partition coefficient (Wildman–Crippen LogP) is 2.04. The normalized spacial score (nSPS) is 24.2. The Morgan fingerprint density at radius 2 is 1.70 bits per heavy atom. The lowest BCUT2D eigenvalue weighted by Gasteiger charge is -2.39. The number of benzene rings is 1. The minimum absolute atomic E-state index is 0.129. The molecule has 12 nitrogen and oxygen atoms in total. The van der Waals surface area contributed by atoms with Crippen molar-refractivity contribution in [1.82, 2.24) is 25.6 Å². The summed E-state index contributed by atoms with van der Waals surface area (Å²) < 4.78 is 1.60. The topological polar surface area (TPSA) is 159 Å². The number of nitrogens with one attached hydrogen (secondary N) is 3. The SMILES string of the molecule is CCC(C)[C@@H]1NC(=O)[C@H](Cc2cn(OC)c3ccccc23)NC(=O)[C@H](CCCCCC(=O)C(C)O)NC(=O)[C@H]2CCCCN2C1=O. The molecule has 1 aromatic heterocycles. The third kappa shape index (κ3) is 8.26. The van der Waals surface area contributed by atoms with Crippen LogP contribution < -0.4 is 20.8 Å². The van der Waals surface area contributed by atoms with E-state index in [0.717, 1.165) is 29.3 Å². The molecule has 4 amide bonds. The van der Waals surface area contributed by atoms with Gasteiger partial charge in [-0.1, -0.05) is 51.3 Å². The van der Waals surface area contributed by atoms with Gasteiger partial charge < -0.3 is 30.8 Å². The predicted molar refractivity (Wildman–Crippen MR) is 173 cm³/mol. The number of hydrogen-bond donors (Lipinski definition) is 4. The van der Waals surface area contributed by atoms with E-state index in [4.69, 9.17) is 4.84 Å². The van der Waals surface area contributed by atoms with E-state index in [0.29, 0.717) is 38.6 Å². The number of piperidine rings is 1. The van der Waals surface area contributed by atoms with E-state index in [1.807, 2.05) is 38.1 Å². The molecule has 3 heterocycles. The number of Topliss-reactive ketones (excluding diaryl/α,β-unsaturated/α-hetero) is 1. The number of carbonyl (C=O) groups is 5. The molecule has 0 saturated carbocycles. The fourth-order valence-electron chi connectivity index (χ4n) is 6.39. The van der Waals surface area contributed by atoms with Gasteiger partial charge in [0.2, 0.25) is 23.6 Å². The van der Waals surface area contributed by atoms with Crippen LogP contribution in [0.3, 0.4) is 0 Å². The molecule has 6 atom stereocenters. The summed E-state index contributed by atoms with van der Waals surface area (Å²) in [5, 5.41) is 19.1. The second-order valence-corrected chi connectivity index (χ2v) is 12.7. The molecule has 4 rings (SSSR count). The minimum Gasteiger partial charge on any atom is -0.417 e. The zero-order valence-corrected chi connectivity index (χ0v) is 27.4. The van der Waals surface area contributed by atoms with Crippen molar-refractivity contribution in [2.24, 2.45) is 5.92 Å². The van der Waals surface area contributed by atoms with E-state index in [2.05, 4.69) is 16.0 Å². The number of nitrogens with zero attached hydrogens (tertiary/aromatic N) is 2. The van der Waals surface area contributed by atoms with Crippen molar-refractivity contribution >= 4 is 40.3 Å². The third-order valence-electron chi connectivity index (χ3n) is 9.39. The van der Waals surface area contributed by atoms with Crippen molar-refractivity contribution in [1.29, 1.82) is 0 Å². The maximum atomic E-state index is 14.0. The summed E-state index contributed by atoms with van der Waals surface area (Å²) in [6, 6.07) is 4.01. The van der Waals surface area contributed by atoms with Crippen LogP contribution in [0.4, 0.5) is 0 Å². The highest BCUT2D eigenvalue weighted by atomic mass is 16.6. The Bertz CT molecular complexity index is 1410. The van der Waals surface area contributed by atoms with Gasteiger partial charge in [-0.15, -0.1) is 0 Å². The molecular weight excluding hydrogens is 590 g/mol. The molecule has 2 aliphatic heterocycles. The lowest BCUT2D eigenvalue weighted by molar-refractivity contribution is -0.147. The van der Waals surface area contributed by atoms with Crippen LogP contribution in [-0.4, -0.2) is 88.1 Å². The molecule has 4 N–H and O–H groups in total. The van der Waals surface area contributed by atoms with Gasteiger partial charge in [0.1, 0.15) is 37.4 Å². The van der Waals surface area contributed by atoms with E-state index >= 15 is 0 Å². The summed E-state index contributed by atoms with van der Waals surface area (Å²) in [6.45, 7) is 5.69. The number of para-hydroxylation sites is 1. The molecule has 0 spiro atoms. The van der Waals surface area contributed by atoms with Gasteiger partial charge in [-0.05, 0) is 56.6 Å². The van der Waals surface area contributed by atoms with Crippen LogP contribution in [0.15, 0.2) is 30.5 Å². The van der Waals surface area contributed by atoms with Crippen LogP contribution in [0, 0.1) is 5.92 Å². The monoisotopic (exact) mass is 639 g/mol. The summed E-state index contributed by atoms with van der Waals surface area (Å²) in [6.07, 6.45) is 5.73. The number of carbonyl (C=O) groups excluding carboxylic acids is 5. The quantitative estimate of drug-likeness (QED) is 0.259. The standard InChI is InChI=1S/C34H49N5O7/c1-5-21(2)30-34(45)38-18-12-11-16-28(38)33(44)35-25(14-7-6-8-17-29(41)22(3)40)31(42)36-26(32(43)37-30)19-23-20-39(46-4)27-15-10-9-13-24(23)27/h9-10,13,15,20-22,25-26,28,30,40H,5-8,11-12,14,16-19H2,1-4H3,(H,35,44)(H,36,42)(H,37,43)/t21?,22?,25-,26-,28+,30-/m0/s1. The molecule has 12 heteroatoms. The number of amides is 4. The molecule has 1 aromatic carbocycles. The second kappa shape index (κ2) is 16.1. The molecular formula is C34H49N5O7. The Morgan fingerprint density at radius 3 is 2.41 bits per heavy atom. The Balaban J connectivity index is 1.65. The Kier molecular flexibility index (Phi) is 12.2. The van der Waals surface area contributed by atoms with Crippen molar-refractivity contribution in [3.05, 3.63) is 36.0 Å². The third-order valence-corrected chi connectivity index (χ3v) is 9.39. The lowest BCUT2D eigenvalue weighted by atomic mass is 9.93. The van der Waals surface area contributed by atoms with Crippen LogP contribution in [0.1, 0.15) is 84.1 Å². The zero-order chi connectivity index (χ0) is 33.4. The van der Waals surface area contributed by atoms with E-state index in [1.165, 1.54) is 6.92 Å². The van der Waals surface area contributed by atoms with Crippen LogP contribution in [0.5, 0.6) is 0 Å². The van der Waals surface area contributed by atoms with Gasteiger partial charge in [0.15, 0.2) is 5.78 Å². The highest BCUT2D eigenvalue weighted by Gasteiger charge is 2.41. The molecule has 2 saturated heterocycles. The number of ketones is 1. The van der Waals surface area contributed by atoms with Crippen molar-refractivity contribution in [3.63, 3.8) is 0 Å². The van der Waals surface area contributed by atoms with Crippen molar-refractivity contribution in [3.8, 4) is 0 Å². The molecule has 2 unspecified atom stereocenters. The first-order valence-electron chi connectivity index (χ1n) is 16.6. The average molecular weight is 640 g/mol. The number of fused-ring (bicyclic) bond motifs is 2. The van der Waals surface area contributed by atoms with E-state index in [1.54, 1.807) is 22.9 Å². The van der Waals surface area contributed by atoms with Gasteiger partial charge in [-0.2, -0.15) is 4.73 Å². The van der Waals surface area contributed by atoms with Crippen molar-refractivity contribution < 1.29 is 33.9 Å². The summed E-state index contributed by atoms with van der Waals surface area (Å²) >= 11 is 0. The van der Waals surface area contributed by atoms with E-state index in [9.17, 15) is 29.1 Å². The molecule has 2 aliphatic rings. The number of rotatable bonds is 12. The lowest BCUT2D eigenvalue weighted by Crippen LogP contribution is -2.64. The zero-order valence-electron chi connectivity index (χ0n) is 27.4. The van der Waals surface area contributed by atoms with Gasteiger partial charge in [-0.25, -0.2) is 0 Å². The van der Waals surface area contributed by atoms with Crippen LogP contribution in [0.2, 0.25) is 0 Å². The summed E-state index contributed by atoms with van der Waals surface area (Å²) in [4.78, 5) is 74.6. The first-order chi connectivity index (χ1) is 22.0. The number of aromatic nitrogens is 1. The largest absolute Gasteiger partial charge is 0.417 e. The van der Waals surface area contributed by atoms with Gasteiger partial charge in [0.25, 0.3) is 0 Å². The summed E-state index contributed by atoms with van der Waals surface area (Å²) in [5.74, 6) is -2.07. The molecule has 252 valence electrons. The van der Waals surface area contributed by atoms with Gasteiger partial charge in [0, 0.05) is 31.0 Å². The first-order valence-corrected chi connectivity index (χ1v) is 16.6. The second-order valence-electron chi connectivity index (χ2n) is 12.7. The van der Waals surface area contributed by atoms with E-state index in [-0.39, 0.29) is 42.8 Å². The molecule has 0 aliphatic carbocycles. The maximum absolute atomic E-state index is 14.0. The summed E-state index contributed by atoms with van der Waals surface area (Å²) in [7, 11) is 1.55. The van der Waals surface area contributed by atoms with Gasteiger partial charge in [0.05, 0.1) is 5.52 Å². The number of hydrogen-bond acceptors (Lipinski definition) is 7. The van der Waals surface area contributed by atoms with Crippen molar-refractivity contribution in [2.75, 3.05) is 13.7 Å². The Labute approximate surface area is 270 Å². The van der Waals surface area contributed by atoms with Gasteiger partial charge in [-0.3, -0.25) is 24.0 Å². The number of aliphatic hydroxyl groups is 1. The molecule has 46 heavy (non-hydrogen) atoms. The fourth-order valence-corrected chi connectivity index (χ4v) is 6.39. The summed E-state index contributed by atoms with van der Waals surface area (Å²) in [5.41, 5.74) is 1.58. The number of aliphatic hydroxyl groups excluding tert-OH is 1. The number of unbranched alkanes of at least 4 members (excludes halogenated alkanes) is 2. The highest BCUT2D eigenvalue weighted by Crippen LogP contribution is 2.24. The minimum atomic E-state index is -1.04. The highest BCUT2D eigenvalue weighted by molar-refractivity contribution is 5.98. The fraction of sp³-hybridized carbons (Fsp3) is 0.618. The van der Waals surface area contributed by atoms with Crippen LogP contribution in [-0.2, 0) is 30.4 Å². The molecule has 2 aromatic rings. The Hall–Kier alpha value is -3.93. The van der Waals surface area contributed by atoms with E-state index < -0.39 is 42.1 Å². The van der Waals surface area contributed by atoms with Crippen molar-refractivity contribution in [2.45, 2.75) is 115 Å². The first kappa shape index (κ1) is 34.9. The van der Waals surface area contributed by atoms with Crippen LogP contribution >= 0.6 is 0 Å². The smallest absolute Gasteiger partial charge is 0.246 e. The van der Waals surface area contributed by atoms with Gasteiger partial charge >= 0.3 is 0 Å². The molecule has 0 radical (unpaired) electrons. The molecule has 2 fully saturated rings. The van der Waals surface area contributed by atoms with Crippen LogP contribution in [0.25, 0.3) is 10.9 Å². The maximum Gasteiger partial charge on any atom is 0.246 e. The molecule has 0 bridgehead atoms. The average Bonchev–Trinajstić information content (AvgIpc) is 3.41. The Morgan fingerprint density at radius 1 is 0.978 bits per heavy atom.